The number of nitrogens with zero attached hydrogens (tertiary/aromatic N) is 1. The molecule has 0 aliphatic heterocycles. The third kappa shape index (κ3) is 3.20. The first kappa shape index (κ1) is 11.4. The van der Waals surface area contributed by atoms with E-state index >= 15 is 0 Å². The maximum absolute atomic E-state index is 11.6. The molecule has 0 saturated carbocycles. The first-order chi connectivity index (χ1) is 7.17. The van der Waals surface area contributed by atoms with Crippen molar-refractivity contribution in [2.75, 3.05) is 0 Å². The maximum Gasteiger partial charge on any atom is 0.340 e. The standard InChI is InChI=1S/C12H15NO2/c1-4-11(5-2)15-12(14)10-6-9(3)7-13-8-10/h4,6-8,11H,1,5H2,2-3H3. The average molecular weight is 205 g/mol. The number of aromatic nitrogens is 1. The number of hydrogen-bond donors (Lipinski definition) is 0. The van der Waals surface area contributed by atoms with Crippen LogP contribution < -0.4 is 0 Å². The monoisotopic (exact) mass is 205 g/mol. The smallest absolute Gasteiger partial charge is 0.340 e. The van der Waals surface area contributed by atoms with E-state index in [4.69, 9.17) is 4.74 Å². The van der Waals surface area contributed by atoms with Gasteiger partial charge in [0.2, 0.25) is 0 Å². The van der Waals surface area contributed by atoms with Gasteiger partial charge in [-0.1, -0.05) is 19.6 Å². The lowest BCUT2D eigenvalue weighted by atomic mass is 10.2. The van der Waals surface area contributed by atoms with Crippen LogP contribution in [0.4, 0.5) is 0 Å². The summed E-state index contributed by atoms with van der Waals surface area (Å²) in [5.41, 5.74) is 1.42. The Hall–Kier alpha value is -1.64. The van der Waals surface area contributed by atoms with Crippen LogP contribution in [-0.4, -0.2) is 17.1 Å². The lowest BCUT2D eigenvalue weighted by Crippen LogP contribution is -2.15. The van der Waals surface area contributed by atoms with Crippen LogP contribution >= 0.6 is 0 Å². The summed E-state index contributed by atoms with van der Waals surface area (Å²) < 4.78 is 5.19. The van der Waals surface area contributed by atoms with Gasteiger partial charge in [0.05, 0.1) is 5.56 Å². The summed E-state index contributed by atoms with van der Waals surface area (Å²) in [6.45, 7) is 7.43. The van der Waals surface area contributed by atoms with Crippen molar-refractivity contribution in [1.29, 1.82) is 0 Å². The van der Waals surface area contributed by atoms with Crippen LogP contribution in [0.15, 0.2) is 31.1 Å². The normalized spacial score (nSPS) is 11.9. The SMILES string of the molecule is C=CC(CC)OC(=O)c1cncc(C)c1. The van der Waals surface area contributed by atoms with Crippen molar-refractivity contribution in [1.82, 2.24) is 4.98 Å². The zero-order valence-corrected chi connectivity index (χ0v) is 9.06. The van der Waals surface area contributed by atoms with Crippen molar-refractivity contribution in [2.24, 2.45) is 0 Å². The molecule has 0 fully saturated rings. The quantitative estimate of drug-likeness (QED) is 0.560. The number of esters is 1. The lowest BCUT2D eigenvalue weighted by molar-refractivity contribution is 0.0388. The van der Waals surface area contributed by atoms with Gasteiger partial charge in [-0.2, -0.15) is 0 Å². The fourth-order valence-corrected chi connectivity index (χ4v) is 1.17. The number of rotatable bonds is 4. The van der Waals surface area contributed by atoms with Crippen molar-refractivity contribution < 1.29 is 9.53 Å². The zero-order chi connectivity index (χ0) is 11.3. The van der Waals surface area contributed by atoms with E-state index in [1.54, 1.807) is 18.3 Å². The summed E-state index contributed by atoms with van der Waals surface area (Å²) in [5.74, 6) is -0.349. The number of pyridine rings is 1. The molecule has 0 aliphatic carbocycles. The summed E-state index contributed by atoms with van der Waals surface area (Å²) in [6.07, 6.45) is 5.33. The highest BCUT2D eigenvalue weighted by Gasteiger charge is 2.11. The van der Waals surface area contributed by atoms with Gasteiger partial charge in [0.1, 0.15) is 6.10 Å². The minimum absolute atomic E-state index is 0.224. The molecule has 0 N–H and O–H groups in total. The second-order valence-electron chi connectivity index (χ2n) is 3.34. The van der Waals surface area contributed by atoms with Crippen LogP contribution in [0.3, 0.4) is 0 Å². The van der Waals surface area contributed by atoms with E-state index in [1.807, 2.05) is 13.8 Å². The molecule has 0 bridgehead atoms. The number of hydrogen-bond acceptors (Lipinski definition) is 3. The van der Waals surface area contributed by atoms with Crippen LogP contribution in [-0.2, 0) is 4.74 Å². The van der Waals surface area contributed by atoms with Gasteiger partial charge in [-0.25, -0.2) is 4.79 Å². The Morgan fingerprint density at radius 1 is 1.67 bits per heavy atom. The molecule has 1 aromatic rings. The molecule has 0 aromatic carbocycles. The highest BCUT2D eigenvalue weighted by atomic mass is 16.5. The Kier molecular flexibility index (Phi) is 4.03. The van der Waals surface area contributed by atoms with Crippen molar-refractivity contribution in [3.63, 3.8) is 0 Å². The Morgan fingerprint density at radius 2 is 2.40 bits per heavy atom. The first-order valence-electron chi connectivity index (χ1n) is 4.92. The van der Waals surface area contributed by atoms with Crippen molar-refractivity contribution in [3.8, 4) is 0 Å². The average Bonchev–Trinajstić information content (AvgIpc) is 2.25. The predicted molar refractivity (Wildman–Crippen MR) is 58.7 cm³/mol. The molecule has 3 heteroatoms. The molecule has 3 nitrogen and oxygen atoms in total. The number of ether oxygens (including phenoxy) is 1. The van der Waals surface area contributed by atoms with Crippen molar-refractivity contribution >= 4 is 5.97 Å². The van der Waals surface area contributed by atoms with Gasteiger partial charge in [-0.05, 0) is 25.0 Å². The molecule has 15 heavy (non-hydrogen) atoms. The molecule has 1 atom stereocenters. The van der Waals surface area contributed by atoms with Crippen molar-refractivity contribution in [2.45, 2.75) is 26.4 Å². The van der Waals surface area contributed by atoms with Gasteiger partial charge in [0.15, 0.2) is 0 Å². The summed E-state index contributed by atoms with van der Waals surface area (Å²) >= 11 is 0. The molecule has 1 unspecified atom stereocenters. The minimum atomic E-state index is -0.349. The minimum Gasteiger partial charge on any atom is -0.455 e. The highest BCUT2D eigenvalue weighted by molar-refractivity contribution is 5.89. The largest absolute Gasteiger partial charge is 0.455 e. The van der Waals surface area contributed by atoms with Gasteiger partial charge in [0, 0.05) is 12.4 Å². The Labute approximate surface area is 89.8 Å². The van der Waals surface area contributed by atoms with Crippen LogP contribution in [0.1, 0.15) is 29.3 Å². The van der Waals surface area contributed by atoms with Crippen LogP contribution in [0.2, 0.25) is 0 Å². The molecule has 80 valence electrons. The van der Waals surface area contributed by atoms with Crippen LogP contribution in [0, 0.1) is 6.92 Å². The summed E-state index contributed by atoms with van der Waals surface area (Å²) in [5, 5.41) is 0. The van der Waals surface area contributed by atoms with Crippen LogP contribution in [0.25, 0.3) is 0 Å². The van der Waals surface area contributed by atoms with Gasteiger partial charge in [-0.15, -0.1) is 0 Å². The fraction of sp³-hybridized carbons (Fsp3) is 0.333. The molecule has 0 spiro atoms. The van der Waals surface area contributed by atoms with Crippen LogP contribution in [0.5, 0.6) is 0 Å². The molecule has 0 aliphatic rings. The Bertz CT molecular complexity index is 360. The Morgan fingerprint density at radius 3 is 2.93 bits per heavy atom. The Balaban J connectivity index is 2.72. The molecular weight excluding hydrogens is 190 g/mol. The summed E-state index contributed by atoms with van der Waals surface area (Å²) in [4.78, 5) is 15.6. The van der Waals surface area contributed by atoms with E-state index in [0.29, 0.717) is 5.56 Å². The van der Waals surface area contributed by atoms with Gasteiger partial charge < -0.3 is 4.74 Å². The third-order valence-electron chi connectivity index (χ3n) is 2.03. The molecule has 1 aromatic heterocycles. The van der Waals surface area contributed by atoms with Gasteiger partial charge in [-0.3, -0.25) is 4.98 Å². The number of carbonyl (C=O) groups excluding carboxylic acids is 1. The van der Waals surface area contributed by atoms with E-state index < -0.39 is 0 Å². The molecule has 0 amide bonds. The fourth-order valence-electron chi connectivity index (χ4n) is 1.17. The highest BCUT2D eigenvalue weighted by Crippen LogP contribution is 2.07. The summed E-state index contributed by atoms with van der Waals surface area (Å²) in [7, 11) is 0. The molecular formula is C12H15NO2. The van der Waals surface area contributed by atoms with E-state index in [-0.39, 0.29) is 12.1 Å². The molecule has 1 heterocycles. The number of carbonyl (C=O) groups is 1. The van der Waals surface area contributed by atoms with E-state index in [9.17, 15) is 4.79 Å². The predicted octanol–water partition coefficient (Wildman–Crippen LogP) is 2.51. The number of aryl methyl sites for hydroxylation is 1. The second kappa shape index (κ2) is 5.29. The zero-order valence-electron chi connectivity index (χ0n) is 9.06. The first-order valence-corrected chi connectivity index (χ1v) is 4.92. The summed E-state index contributed by atoms with van der Waals surface area (Å²) in [6, 6.07) is 1.76. The molecule has 0 saturated heterocycles. The van der Waals surface area contributed by atoms with E-state index in [2.05, 4.69) is 11.6 Å². The topological polar surface area (TPSA) is 39.2 Å². The van der Waals surface area contributed by atoms with E-state index in [0.717, 1.165) is 12.0 Å². The lowest BCUT2D eigenvalue weighted by Gasteiger charge is -2.11. The maximum atomic E-state index is 11.6. The third-order valence-corrected chi connectivity index (χ3v) is 2.03. The van der Waals surface area contributed by atoms with Gasteiger partial charge in [0.25, 0.3) is 0 Å². The second-order valence-corrected chi connectivity index (χ2v) is 3.34. The molecule has 1 rings (SSSR count). The molecule has 0 radical (unpaired) electrons. The van der Waals surface area contributed by atoms with Gasteiger partial charge >= 0.3 is 5.97 Å². The van der Waals surface area contributed by atoms with Crippen molar-refractivity contribution in [3.05, 3.63) is 42.2 Å². The van der Waals surface area contributed by atoms with E-state index in [1.165, 1.54) is 6.20 Å².